The minimum absolute atomic E-state index is 0.0874. The molecular formula is C37H62O2. The minimum Gasteiger partial charge on any atom is -0.353 e. The molecule has 0 bridgehead atoms. The van der Waals surface area contributed by atoms with E-state index in [0.717, 1.165) is 58.2 Å². The van der Waals surface area contributed by atoms with E-state index in [1.807, 2.05) is 0 Å². The van der Waals surface area contributed by atoms with Crippen LogP contribution in [-0.2, 0) is 9.47 Å². The lowest BCUT2D eigenvalue weighted by molar-refractivity contribution is -0.162. The Bertz CT molecular complexity index is 661. The number of unbranched alkanes of at least 4 members (excludes halogenated alkanes) is 11. The minimum atomic E-state index is 0.0874. The molecule has 1 aliphatic heterocycles. The van der Waals surface area contributed by atoms with Gasteiger partial charge in [-0.25, -0.2) is 0 Å². The first-order valence-electron chi connectivity index (χ1n) is 16.6. The highest BCUT2D eigenvalue weighted by atomic mass is 16.7. The van der Waals surface area contributed by atoms with Crippen molar-refractivity contribution in [1.29, 1.82) is 0 Å². The van der Waals surface area contributed by atoms with Gasteiger partial charge in [-0.1, -0.05) is 138 Å². The summed E-state index contributed by atoms with van der Waals surface area (Å²) in [5.74, 6) is 0. The number of allylic oxidation sites excluding steroid dienone is 12. The Morgan fingerprint density at radius 3 is 1.41 bits per heavy atom. The molecule has 39 heavy (non-hydrogen) atoms. The number of hydrogen-bond acceptors (Lipinski definition) is 2. The Kier molecular flexibility index (Phi) is 28.0. The molecule has 1 fully saturated rings. The molecule has 0 N–H and O–H groups in total. The van der Waals surface area contributed by atoms with Gasteiger partial charge in [-0.15, -0.1) is 0 Å². The summed E-state index contributed by atoms with van der Waals surface area (Å²) in [5.41, 5.74) is 0. The second-order valence-electron chi connectivity index (χ2n) is 10.8. The van der Waals surface area contributed by atoms with E-state index in [9.17, 15) is 0 Å². The monoisotopic (exact) mass is 538 g/mol. The summed E-state index contributed by atoms with van der Waals surface area (Å²) in [7, 11) is 0. The Balaban J connectivity index is 1.75. The lowest BCUT2D eigenvalue weighted by Crippen LogP contribution is -2.22. The Morgan fingerprint density at radius 1 is 0.513 bits per heavy atom. The zero-order chi connectivity index (χ0) is 27.7. The van der Waals surface area contributed by atoms with Crippen LogP contribution in [0, 0.1) is 0 Å². The van der Waals surface area contributed by atoms with Gasteiger partial charge in [0.25, 0.3) is 0 Å². The molecule has 0 radical (unpaired) electrons. The van der Waals surface area contributed by atoms with Crippen molar-refractivity contribution >= 4 is 0 Å². The fourth-order valence-corrected chi connectivity index (χ4v) is 4.65. The molecule has 1 saturated heterocycles. The van der Waals surface area contributed by atoms with Crippen molar-refractivity contribution in [2.45, 2.75) is 148 Å². The summed E-state index contributed by atoms with van der Waals surface area (Å²) in [6, 6.07) is 0. The van der Waals surface area contributed by atoms with E-state index in [-0.39, 0.29) is 6.29 Å². The van der Waals surface area contributed by atoms with Crippen LogP contribution in [0.4, 0.5) is 0 Å². The smallest absolute Gasteiger partial charge is 0.157 e. The third-order valence-electron chi connectivity index (χ3n) is 7.05. The standard InChI is InChI=1S/C37H62O2/c1-2-3-4-5-6-7-8-9-10-11-12-13-14-15-16-17-18-19-20-21-22-23-24-25-26-27-28-29-30-32-35-38-37-34-31-33-36-39-37/h3-4,6-7,9-10,12-13,15-16,18-19,37H,2,5,8,11,14,17,20-36H2,1H3/b4-3-,7-6-,10-9-,13-12-,16-15-,19-18-. The molecule has 0 aromatic rings. The van der Waals surface area contributed by atoms with Crippen molar-refractivity contribution in [2.75, 3.05) is 13.2 Å². The van der Waals surface area contributed by atoms with E-state index < -0.39 is 0 Å². The maximum atomic E-state index is 5.81. The number of hydrogen-bond donors (Lipinski definition) is 0. The van der Waals surface area contributed by atoms with E-state index in [0.29, 0.717) is 0 Å². The average Bonchev–Trinajstić information content (AvgIpc) is 2.96. The predicted octanol–water partition coefficient (Wildman–Crippen LogP) is 11.9. The van der Waals surface area contributed by atoms with Crippen molar-refractivity contribution in [3.05, 3.63) is 72.9 Å². The largest absolute Gasteiger partial charge is 0.353 e. The summed E-state index contributed by atoms with van der Waals surface area (Å²) >= 11 is 0. The molecule has 2 nitrogen and oxygen atoms in total. The summed E-state index contributed by atoms with van der Waals surface area (Å²) in [6.45, 7) is 3.93. The first-order chi connectivity index (χ1) is 19.4. The fraction of sp³-hybridized carbons (Fsp3) is 0.676. The second kappa shape index (κ2) is 30.9. The molecule has 1 unspecified atom stereocenters. The van der Waals surface area contributed by atoms with Crippen LogP contribution in [0.15, 0.2) is 72.9 Å². The maximum absolute atomic E-state index is 5.81. The van der Waals surface area contributed by atoms with Gasteiger partial charge in [0.1, 0.15) is 0 Å². The molecule has 0 aliphatic carbocycles. The Labute approximate surface area is 243 Å². The van der Waals surface area contributed by atoms with Gasteiger partial charge in [-0.05, 0) is 77.0 Å². The Hall–Kier alpha value is -1.64. The molecule has 0 aromatic heterocycles. The maximum Gasteiger partial charge on any atom is 0.157 e. The van der Waals surface area contributed by atoms with E-state index in [1.54, 1.807) is 0 Å². The molecular weight excluding hydrogens is 476 g/mol. The topological polar surface area (TPSA) is 18.5 Å². The van der Waals surface area contributed by atoms with E-state index in [1.165, 1.54) is 89.9 Å². The average molecular weight is 539 g/mol. The molecule has 222 valence electrons. The van der Waals surface area contributed by atoms with Gasteiger partial charge in [0.15, 0.2) is 6.29 Å². The van der Waals surface area contributed by atoms with Crippen molar-refractivity contribution in [1.82, 2.24) is 0 Å². The molecule has 1 atom stereocenters. The van der Waals surface area contributed by atoms with Gasteiger partial charge in [0.2, 0.25) is 0 Å². The summed E-state index contributed by atoms with van der Waals surface area (Å²) in [5, 5.41) is 0. The van der Waals surface area contributed by atoms with Crippen molar-refractivity contribution in [3.63, 3.8) is 0 Å². The molecule has 2 heteroatoms. The summed E-state index contributed by atoms with van der Waals surface area (Å²) < 4.78 is 11.4. The van der Waals surface area contributed by atoms with Gasteiger partial charge >= 0.3 is 0 Å². The molecule has 1 rings (SSSR count). The zero-order valence-corrected chi connectivity index (χ0v) is 25.6. The fourth-order valence-electron chi connectivity index (χ4n) is 4.65. The van der Waals surface area contributed by atoms with Crippen LogP contribution in [0.25, 0.3) is 0 Å². The highest BCUT2D eigenvalue weighted by molar-refractivity contribution is 5.01. The molecule has 0 amide bonds. The lowest BCUT2D eigenvalue weighted by Gasteiger charge is -2.22. The van der Waals surface area contributed by atoms with Crippen LogP contribution in [0.2, 0.25) is 0 Å². The highest BCUT2D eigenvalue weighted by Crippen LogP contribution is 2.15. The first kappa shape index (κ1) is 35.4. The van der Waals surface area contributed by atoms with Crippen molar-refractivity contribution < 1.29 is 9.47 Å². The Morgan fingerprint density at radius 2 is 0.949 bits per heavy atom. The third-order valence-corrected chi connectivity index (χ3v) is 7.05. The normalized spacial score (nSPS) is 17.0. The molecule has 1 heterocycles. The van der Waals surface area contributed by atoms with E-state index in [2.05, 4.69) is 79.8 Å². The quantitative estimate of drug-likeness (QED) is 0.0805. The highest BCUT2D eigenvalue weighted by Gasteiger charge is 2.13. The molecule has 0 saturated carbocycles. The number of ether oxygens (including phenoxy) is 2. The predicted molar refractivity (Wildman–Crippen MR) is 173 cm³/mol. The van der Waals surface area contributed by atoms with Gasteiger partial charge in [0, 0.05) is 13.2 Å². The van der Waals surface area contributed by atoms with Crippen molar-refractivity contribution in [2.24, 2.45) is 0 Å². The lowest BCUT2D eigenvalue weighted by atomic mass is 10.1. The van der Waals surface area contributed by atoms with Gasteiger partial charge in [-0.3, -0.25) is 0 Å². The zero-order valence-electron chi connectivity index (χ0n) is 25.6. The van der Waals surface area contributed by atoms with Crippen LogP contribution < -0.4 is 0 Å². The van der Waals surface area contributed by atoms with Gasteiger partial charge < -0.3 is 9.47 Å². The SMILES string of the molecule is CC/C=C\C/C=C\C/C=C\C/C=C\C/C=C\C/C=C\CCCCCCCCCCCCCOC1CCCCO1. The van der Waals surface area contributed by atoms with E-state index >= 15 is 0 Å². The van der Waals surface area contributed by atoms with Crippen LogP contribution in [0.1, 0.15) is 142 Å². The second-order valence-corrected chi connectivity index (χ2v) is 10.8. The van der Waals surface area contributed by atoms with Gasteiger partial charge in [0.05, 0.1) is 0 Å². The summed E-state index contributed by atoms with van der Waals surface area (Å²) in [4.78, 5) is 0. The van der Waals surface area contributed by atoms with Crippen LogP contribution in [0.3, 0.4) is 0 Å². The third kappa shape index (κ3) is 27.7. The van der Waals surface area contributed by atoms with Crippen molar-refractivity contribution in [3.8, 4) is 0 Å². The molecule has 0 spiro atoms. The molecule has 0 aromatic carbocycles. The number of rotatable bonds is 26. The van der Waals surface area contributed by atoms with Gasteiger partial charge in [-0.2, -0.15) is 0 Å². The van der Waals surface area contributed by atoms with Crippen LogP contribution in [0.5, 0.6) is 0 Å². The van der Waals surface area contributed by atoms with Crippen LogP contribution in [-0.4, -0.2) is 19.5 Å². The first-order valence-corrected chi connectivity index (χ1v) is 16.6. The van der Waals surface area contributed by atoms with E-state index in [4.69, 9.17) is 9.47 Å². The molecule has 1 aliphatic rings. The summed E-state index contributed by atoms with van der Waals surface area (Å²) in [6.07, 6.45) is 53.5. The van der Waals surface area contributed by atoms with Crippen LogP contribution >= 0.6 is 0 Å².